The van der Waals surface area contributed by atoms with Crippen molar-refractivity contribution in [3.8, 4) is 0 Å². The van der Waals surface area contributed by atoms with Gasteiger partial charge in [-0.25, -0.2) is 4.98 Å². The third kappa shape index (κ3) is 5.57. The molecule has 5 nitrogen and oxygen atoms in total. The number of aromatic nitrogens is 1. The molecular weight excluding hydrogens is 360 g/mol. The van der Waals surface area contributed by atoms with Crippen molar-refractivity contribution in [1.82, 2.24) is 9.88 Å². The van der Waals surface area contributed by atoms with Crippen molar-refractivity contribution in [3.05, 3.63) is 53.7 Å². The Morgan fingerprint density at radius 1 is 0.966 bits per heavy atom. The summed E-state index contributed by atoms with van der Waals surface area (Å²) in [4.78, 5) is 21.9. The van der Waals surface area contributed by atoms with Crippen LogP contribution in [0.3, 0.4) is 0 Å². The zero-order valence-electron chi connectivity index (χ0n) is 18.2. The monoisotopic (exact) mass is 394 g/mol. The smallest absolute Gasteiger partial charge is 0.225 e. The highest BCUT2D eigenvalue weighted by atomic mass is 16.1. The van der Waals surface area contributed by atoms with Crippen LogP contribution in [-0.4, -0.2) is 48.5 Å². The van der Waals surface area contributed by atoms with E-state index in [1.807, 2.05) is 18.3 Å². The Morgan fingerprint density at radius 3 is 2.17 bits per heavy atom. The predicted octanol–water partition coefficient (Wildman–Crippen LogP) is 4.48. The topological polar surface area (TPSA) is 48.5 Å². The van der Waals surface area contributed by atoms with Gasteiger partial charge >= 0.3 is 0 Å². The number of piperazine rings is 1. The van der Waals surface area contributed by atoms with E-state index in [-0.39, 0.29) is 5.91 Å². The number of nitrogens with one attached hydrogen (secondary N) is 1. The Balaban J connectivity index is 1.54. The van der Waals surface area contributed by atoms with Crippen molar-refractivity contribution in [2.24, 2.45) is 0 Å². The first kappa shape index (κ1) is 21.3. The fraction of sp³-hybridized carbons (Fsp3) is 0.500. The van der Waals surface area contributed by atoms with Crippen molar-refractivity contribution in [2.75, 3.05) is 42.9 Å². The van der Waals surface area contributed by atoms with Gasteiger partial charge in [-0.3, -0.25) is 9.69 Å². The molecule has 1 aromatic heterocycles. The lowest BCUT2D eigenvalue weighted by molar-refractivity contribution is -0.116. The number of benzene rings is 1. The van der Waals surface area contributed by atoms with Gasteiger partial charge in [0.2, 0.25) is 5.91 Å². The molecule has 0 spiro atoms. The molecule has 1 amide bonds. The van der Waals surface area contributed by atoms with Gasteiger partial charge in [0.05, 0.1) is 0 Å². The number of anilines is 2. The van der Waals surface area contributed by atoms with E-state index in [1.54, 1.807) is 0 Å². The minimum Gasteiger partial charge on any atom is -0.354 e. The number of carbonyl (C=O) groups is 1. The van der Waals surface area contributed by atoms with Crippen LogP contribution < -0.4 is 10.2 Å². The highest BCUT2D eigenvalue weighted by Gasteiger charge is 2.20. The van der Waals surface area contributed by atoms with E-state index in [1.165, 1.54) is 11.1 Å². The second-order valence-corrected chi connectivity index (χ2v) is 8.44. The summed E-state index contributed by atoms with van der Waals surface area (Å²) >= 11 is 0. The van der Waals surface area contributed by atoms with E-state index >= 15 is 0 Å². The Hall–Kier alpha value is -2.40. The minimum atomic E-state index is 0.104. The number of amides is 1. The Bertz CT molecular complexity index is 770. The molecule has 156 valence electrons. The van der Waals surface area contributed by atoms with Gasteiger partial charge < -0.3 is 10.2 Å². The van der Waals surface area contributed by atoms with Crippen LogP contribution in [0.4, 0.5) is 11.5 Å². The predicted molar refractivity (Wildman–Crippen MR) is 121 cm³/mol. The summed E-state index contributed by atoms with van der Waals surface area (Å²) in [5, 5.41) is 3.23. The lowest BCUT2D eigenvalue weighted by Gasteiger charge is -2.35. The summed E-state index contributed by atoms with van der Waals surface area (Å²) in [5.74, 6) is 1.90. The lowest BCUT2D eigenvalue weighted by Crippen LogP contribution is -2.47. The molecule has 2 heterocycles. The Morgan fingerprint density at radius 2 is 1.62 bits per heavy atom. The van der Waals surface area contributed by atoms with Gasteiger partial charge in [0.25, 0.3) is 0 Å². The summed E-state index contributed by atoms with van der Waals surface area (Å²) in [5.41, 5.74) is 3.45. The summed E-state index contributed by atoms with van der Waals surface area (Å²) in [6, 6.07) is 12.4. The first-order valence-electron chi connectivity index (χ1n) is 10.8. The van der Waals surface area contributed by atoms with Gasteiger partial charge in [-0.05, 0) is 35.1 Å². The summed E-state index contributed by atoms with van der Waals surface area (Å²) in [7, 11) is 0. The summed E-state index contributed by atoms with van der Waals surface area (Å²) in [6.45, 7) is 13.3. The zero-order chi connectivity index (χ0) is 20.8. The lowest BCUT2D eigenvalue weighted by atomic mass is 9.92. The fourth-order valence-corrected chi connectivity index (χ4v) is 3.90. The van der Waals surface area contributed by atoms with E-state index < -0.39 is 0 Å². The van der Waals surface area contributed by atoms with Crippen LogP contribution in [0.15, 0.2) is 42.6 Å². The molecule has 5 heteroatoms. The van der Waals surface area contributed by atoms with E-state index in [0.29, 0.717) is 18.3 Å². The highest BCUT2D eigenvalue weighted by molar-refractivity contribution is 5.92. The van der Waals surface area contributed by atoms with Crippen LogP contribution in [0.2, 0.25) is 0 Å². The van der Waals surface area contributed by atoms with Crippen molar-refractivity contribution in [1.29, 1.82) is 0 Å². The third-order valence-electron chi connectivity index (χ3n) is 5.64. The standard InChI is InChI=1S/C24H34N4O/c1-18(2)20-8-7-9-21(19(3)4)24(20)26-23(29)11-13-27-14-16-28(17-15-27)22-10-5-6-12-25-22/h5-10,12,18-19H,11,13-17H2,1-4H3,(H,26,29). The van der Waals surface area contributed by atoms with Gasteiger partial charge in [-0.1, -0.05) is 52.0 Å². The first-order valence-corrected chi connectivity index (χ1v) is 10.8. The molecular formula is C24H34N4O. The second kappa shape index (κ2) is 9.88. The molecule has 2 aromatic rings. The Labute approximate surface area is 175 Å². The van der Waals surface area contributed by atoms with E-state index in [0.717, 1.165) is 44.2 Å². The van der Waals surface area contributed by atoms with E-state index in [9.17, 15) is 4.79 Å². The van der Waals surface area contributed by atoms with Crippen LogP contribution in [0.25, 0.3) is 0 Å². The fourth-order valence-electron chi connectivity index (χ4n) is 3.90. The molecule has 1 saturated heterocycles. The van der Waals surface area contributed by atoms with Gasteiger partial charge in [0.1, 0.15) is 5.82 Å². The number of rotatable bonds is 7. The number of hydrogen-bond donors (Lipinski definition) is 1. The van der Waals surface area contributed by atoms with Gasteiger partial charge in [0, 0.05) is 51.0 Å². The van der Waals surface area contributed by atoms with Gasteiger partial charge in [0.15, 0.2) is 0 Å². The van der Waals surface area contributed by atoms with E-state index in [4.69, 9.17) is 0 Å². The molecule has 0 unspecified atom stereocenters. The molecule has 1 aliphatic heterocycles. The normalized spacial score (nSPS) is 15.2. The molecule has 1 aromatic carbocycles. The minimum absolute atomic E-state index is 0.104. The molecule has 0 bridgehead atoms. The van der Waals surface area contributed by atoms with Crippen molar-refractivity contribution >= 4 is 17.4 Å². The highest BCUT2D eigenvalue weighted by Crippen LogP contribution is 2.32. The molecule has 0 saturated carbocycles. The van der Waals surface area contributed by atoms with Crippen LogP contribution in [-0.2, 0) is 4.79 Å². The largest absolute Gasteiger partial charge is 0.354 e. The maximum absolute atomic E-state index is 12.7. The van der Waals surface area contributed by atoms with Gasteiger partial charge in [-0.2, -0.15) is 0 Å². The number of pyridine rings is 1. The number of carbonyl (C=O) groups excluding carboxylic acids is 1. The number of nitrogens with zero attached hydrogens (tertiary/aromatic N) is 3. The number of para-hydroxylation sites is 1. The molecule has 1 N–H and O–H groups in total. The molecule has 3 rings (SSSR count). The van der Waals surface area contributed by atoms with Crippen molar-refractivity contribution in [2.45, 2.75) is 46.0 Å². The quantitative estimate of drug-likeness (QED) is 0.752. The number of hydrogen-bond acceptors (Lipinski definition) is 4. The van der Waals surface area contributed by atoms with Crippen LogP contribution in [0, 0.1) is 0 Å². The molecule has 0 radical (unpaired) electrons. The third-order valence-corrected chi connectivity index (χ3v) is 5.64. The molecule has 0 aliphatic carbocycles. The molecule has 29 heavy (non-hydrogen) atoms. The van der Waals surface area contributed by atoms with Crippen LogP contribution in [0.1, 0.15) is 57.1 Å². The van der Waals surface area contributed by atoms with Crippen molar-refractivity contribution < 1.29 is 4.79 Å². The van der Waals surface area contributed by atoms with E-state index in [2.05, 4.69) is 72.1 Å². The first-order chi connectivity index (χ1) is 14.0. The average Bonchev–Trinajstić information content (AvgIpc) is 2.73. The van der Waals surface area contributed by atoms with Gasteiger partial charge in [-0.15, -0.1) is 0 Å². The molecule has 1 fully saturated rings. The Kier molecular flexibility index (Phi) is 7.26. The summed E-state index contributed by atoms with van der Waals surface area (Å²) < 4.78 is 0. The maximum atomic E-state index is 12.7. The molecule has 0 atom stereocenters. The second-order valence-electron chi connectivity index (χ2n) is 8.44. The summed E-state index contributed by atoms with van der Waals surface area (Å²) in [6.07, 6.45) is 2.36. The maximum Gasteiger partial charge on any atom is 0.225 e. The van der Waals surface area contributed by atoms with Crippen molar-refractivity contribution in [3.63, 3.8) is 0 Å². The SMILES string of the molecule is CC(C)c1cccc(C(C)C)c1NC(=O)CCN1CCN(c2ccccn2)CC1. The zero-order valence-corrected chi connectivity index (χ0v) is 18.2. The average molecular weight is 395 g/mol. The van der Waals surface area contributed by atoms with Crippen LogP contribution >= 0.6 is 0 Å². The van der Waals surface area contributed by atoms with Crippen LogP contribution in [0.5, 0.6) is 0 Å². The molecule has 1 aliphatic rings.